The molecule has 0 aliphatic carbocycles. The Morgan fingerprint density at radius 1 is 0.727 bits per heavy atom. The summed E-state index contributed by atoms with van der Waals surface area (Å²) in [4.78, 5) is 0. The van der Waals surface area contributed by atoms with E-state index in [9.17, 15) is 0 Å². The molecule has 0 saturated heterocycles. The highest BCUT2D eigenvalue weighted by Crippen LogP contribution is 2.42. The van der Waals surface area contributed by atoms with Gasteiger partial charge in [0.15, 0.2) is 5.82 Å². The van der Waals surface area contributed by atoms with Crippen molar-refractivity contribution in [3.8, 4) is 11.4 Å². The second-order valence-corrected chi connectivity index (χ2v) is 8.66. The van der Waals surface area contributed by atoms with Crippen LogP contribution in [0.25, 0.3) is 11.4 Å². The molecule has 0 saturated carbocycles. The number of nitrogens with zero attached hydrogens (tertiary/aromatic N) is 4. The number of halogens is 2. The summed E-state index contributed by atoms with van der Waals surface area (Å²) in [6.45, 7) is 0. The number of tetrazole rings is 1. The Hall–Kier alpha value is -3.28. The van der Waals surface area contributed by atoms with Crippen LogP contribution < -0.4 is 0 Å². The monoisotopic (exact) mass is 514 g/mol. The summed E-state index contributed by atoms with van der Waals surface area (Å²) in [6, 6.07) is 36.9. The maximum atomic E-state index is 6.30. The zero-order valence-corrected chi connectivity index (χ0v) is 20.0. The van der Waals surface area contributed by atoms with Crippen LogP contribution >= 0.6 is 27.5 Å². The van der Waals surface area contributed by atoms with Gasteiger partial charge in [-0.2, -0.15) is 0 Å². The molecule has 1 heterocycles. The van der Waals surface area contributed by atoms with Gasteiger partial charge in [-0.1, -0.05) is 119 Å². The maximum Gasteiger partial charge on any atom is 0.183 e. The van der Waals surface area contributed by atoms with E-state index in [2.05, 4.69) is 67.9 Å². The molecule has 1 aromatic heterocycles. The van der Waals surface area contributed by atoms with Crippen LogP contribution in [-0.2, 0) is 10.9 Å². The molecule has 4 nitrogen and oxygen atoms in total. The molecule has 0 atom stereocenters. The lowest BCUT2D eigenvalue weighted by Gasteiger charge is -2.36. The van der Waals surface area contributed by atoms with Crippen LogP contribution in [0.5, 0.6) is 0 Å². The standard InChI is InChI=1S/C27H20BrClN4/c28-19-20-18-24(29)16-17-25(20)26-30-31-32-33(26)27(21-10-4-1-5-11-21,22-12-6-2-7-13-22)23-14-8-3-9-15-23/h1-18H,19H2. The third-order valence-electron chi connectivity index (χ3n) is 5.81. The fraction of sp³-hybridized carbons (Fsp3) is 0.0741. The van der Waals surface area contributed by atoms with E-state index in [1.807, 2.05) is 77.5 Å². The van der Waals surface area contributed by atoms with Crippen molar-refractivity contribution >= 4 is 27.5 Å². The van der Waals surface area contributed by atoms with E-state index in [4.69, 9.17) is 11.6 Å². The van der Waals surface area contributed by atoms with E-state index < -0.39 is 5.54 Å². The van der Waals surface area contributed by atoms with E-state index in [0.717, 1.165) is 27.8 Å². The fourth-order valence-corrected chi connectivity index (χ4v) is 5.04. The summed E-state index contributed by atoms with van der Waals surface area (Å²) in [6.07, 6.45) is 0. The van der Waals surface area contributed by atoms with Gasteiger partial charge in [-0.3, -0.25) is 0 Å². The Balaban J connectivity index is 1.90. The zero-order chi connectivity index (χ0) is 22.7. The minimum Gasteiger partial charge on any atom is -0.205 e. The summed E-state index contributed by atoms with van der Waals surface area (Å²) in [5, 5.41) is 14.6. The Labute approximate surface area is 206 Å². The third kappa shape index (κ3) is 3.77. The maximum absolute atomic E-state index is 6.30. The predicted molar refractivity (Wildman–Crippen MR) is 135 cm³/mol. The normalized spacial score (nSPS) is 11.5. The quantitative estimate of drug-likeness (QED) is 0.186. The minimum atomic E-state index is -0.786. The molecule has 0 radical (unpaired) electrons. The molecular formula is C27H20BrClN4. The molecule has 33 heavy (non-hydrogen) atoms. The topological polar surface area (TPSA) is 43.6 Å². The van der Waals surface area contributed by atoms with Crippen molar-refractivity contribution in [1.82, 2.24) is 20.2 Å². The highest BCUT2D eigenvalue weighted by Gasteiger charge is 2.42. The zero-order valence-electron chi connectivity index (χ0n) is 17.6. The Kier molecular flexibility index (Phi) is 6.07. The second kappa shape index (κ2) is 9.30. The Bertz CT molecular complexity index is 1260. The van der Waals surface area contributed by atoms with Gasteiger partial charge in [0.05, 0.1) is 0 Å². The van der Waals surface area contributed by atoms with Crippen LogP contribution in [0, 0.1) is 0 Å². The van der Waals surface area contributed by atoms with Gasteiger partial charge in [-0.25, -0.2) is 4.68 Å². The first-order valence-electron chi connectivity index (χ1n) is 10.6. The van der Waals surface area contributed by atoms with Crippen LogP contribution in [0.4, 0.5) is 0 Å². The molecule has 162 valence electrons. The Morgan fingerprint density at radius 3 is 1.73 bits per heavy atom. The first-order chi connectivity index (χ1) is 16.2. The van der Waals surface area contributed by atoms with Crippen molar-refractivity contribution in [1.29, 1.82) is 0 Å². The summed E-state index contributed by atoms with van der Waals surface area (Å²) >= 11 is 9.90. The fourth-order valence-electron chi connectivity index (χ4n) is 4.38. The van der Waals surface area contributed by atoms with Crippen molar-refractivity contribution in [3.63, 3.8) is 0 Å². The van der Waals surface area contributed by atoms with Crippen molar-refractivity contribution < 1.29 is 0 Å². The molecule has 5 aromatic rings. The van der Waals surface area contributed by atoms with Crippen molar-refractivity contribution in [2.24, 2.45) is 0 Å². The molecule has 0 N–H and O–H groups in total. The smallest absolute Gasteiger partial charge is 0.183 e. The molecule has 0 aliphatic heterocycles. The van der Waals surface area contributed by atoms with E-state index >= 15 is 0 Å². The lowest BCUT2D eigenvalue weighted by Crippen LogP contribution is -2.39. The minimum absolute atomic E-state index is 0.630. The van der Waals surface area contributed by atoms with Gasteiger partial charge in [0.1, 0.15) is 5.54 Å². The summed E-state index contributed by atoms with van der Waals surface area (Å²) in [7, 11) is 0. The number of hydrogen-bond acceptors (Lipinski definition) is 3. The molecule has 5 rings (SSSR count). The second-order valence-electron chi connectivity index (χ2n) is 7.66. The molecule has 6 heteroatoms. The molecule has 0 spiro atoms. The van der Waals surface area contributed by atoms with E-state index in [0.29, 0.717) is 16.2 Å². The summed E-state index contributed by atoms with van der Waals surface area (Å²) in [5.41, 5.74) is 4.34. The van der Waals surface area contributed by atoms with Crippen LogP contribution in [0.15, 0.2) is 109 Å². The number of rotatable bonds is 6. The molecule has 0 aliphatic rings. The average Bonchev–Trinajstić information content (AvgIpc) is 3.36. The van der Waals surface area contributed by atoms with Crippen molar-refractivity contribution in [2.45, 2.75) is 10.9 Å². The third-order valence-corrected chi connectivity index (χ3v) is 6.65. The largest absolute Gasteiger partial charge is 0.205 e. The summed E-state index contributed by atoms with van der Waals surface area (Å²) in [5.74, 6) is 0.665. The lowest BCUT2D eigenvalue weighted by molar-refractivity contribution is 0.451. The highest BCUT2D eigenvalue weighted by atomic mass is 79.9. The van der Waals surface area contributed by atoms with Gasteiger partial charge < -0.3 is 0 Å². The van der Waals surface area contributed by atoms with Crippen LogP contribution in [-0.4, -0.2) is 20.2 Å². The molecule has 0 fully saturated rings. The number of benzene rings is 4. The van der Waals surface area contributed by atoms with Crippen LogP contribution in [0.1, 0.15) is 22.3 Å². The first kappa shape index (κ1) is 21.6. The van der Waals surface area contributed by atoms with E-state index in [-0.39, 0.29) is 0 Å². The van der Waals surface area contributed by atoms with Crippen molar-refractivity contribution in [2.75, 3.05) is 0 Å². The van der Waals surface area contributed by atoms with Gasteiger partial charge in [-0.15, -0.1) is 5.10 Å². The molecular weight excluding hydrogens is 496 g/mol. The Morgan fingerprint density at radius 2 is 1.24 bits per heavy atom. The first-order valence-corrected chi connectivity index (χ1v) is 12.1. The molecule has 0 bridgehead atoms. The van der Waals surface area contributed by atoms with E-state index in [1.54, 1.807) is 0 Å². The average molecular weight is 516 g/mol. The van der Waals surface area contributed by atoms with Gasteiger partial charge in [0.25, 0.3) is 0 Å². The van der Waals surface area contributed by atoms with E-state index in [1.165, 1.54) is 0 Å². The lowest BCUT2D eigenvalue weighted by atomic mass is 9.77. The highest BCUT2D eigenvalue weighted by molar-refractivity contribution is 9.08. The number of alkyl halides is 1. The van der Waals surface area contributed by atoms with Gasteiger partial charge in [0, 0.05) is 15.9 Å². The van der Waals surface area contributed by atoms with Gasteiger partial charge in [0.2, 0.25) is 0 Å². The molecule has 0 amide bonds. The number of aromatic nitrogens is 4. The SMILES string of the molecule is Clc1ccc(-c2nnnn2C(c2ccccc2)(c2ccccc2)c2ccccc2)c(CBr)c1. The van der Waals surface area contributed by atoms with Crippen molar-refractivity contribution in [3.05, 3.63) is 136 Å². The predicted octanol–water partition coefficient (Wildman–Crippen LogP) is 6.73. The number of hydrogen-bond donors (Lipinski definition) is 0. The van der Waals surface area contributed by atoms with Crippen LogP contribution in [0.2, 0.25) is 5.02 Å². The van der Waals surface area contributed by atoms with Gasteiger partial charge >= 0.3 is 0 Å². The van der Waals surface area contributed by atoms with Crippen LogP contribution in [0.3, 0.4) is 0 Å². The summed E-state index contributed by atoms with van der Waals surface area (Å²) < 4.78 is 1.93. The van der Waals surface area contributed by atoms with Gasteiger partial charge in [-0.05, 0) is 50.9 Å². The molecule has 4 aromatic carbocycles. The molecule has 0 unspecified atom stereocenters.